The molecule has 0 spiro atoms. The van der Waals surface area contributed by atoms with Crippen LogP contribution in [0.3, 0.4) is 0 Å². The van der Waals surface area contributed by atoms with Crippen LogP contribution in [-0.4, -0.2) is 50.2 Å². The largest absolute Gasteiger partial charge is 0.346 e. The summed E-state index contributed by atoms with van der Waals surface area (Å²) in [4.78, 5) is 35.1. The molecule has 7 nitrogen and oxygen atoms in total. The molecule has 0 aliphatic carbocycles. The first-order valence-corrected chi connectivity index (χ1v) is 8.13. The molecule has 1 atom stereocenters. The molecule has 3 rings (SSSR count). The van der Waals surface area contributed by atoms with E-state index in [0.29, 0.717) is 36.7 Å². The van der Waals surface area contributed by atoms with Gasteiger partial charge in [-0.2, -0.15) is 0 Å². The Hall–Kier alpha value is -2.44. The highest BCUT2D eigenvalue weighted by molar-refractivity contribution is 5.95. The Morgan fingerprint density at radius 1 is 1.42 bits per heavy atom. The normalized spacial score (nSPS) is 18.4. The molecule has 2 aromatic heterocycles. The number of amides is 2. The zero-order chi connectivity index (χ0) is 17.5. The lowest BCUT2D eigenvalue weighted by atomic mass is 9.96. The summed E-state index contributed by atoms with van der Waals surface area (Å²) in [6, 6.07) is 1.59. The predicted molar refractivity (Wildman–Crippen MR) is 89.6 cm³/mol. The molecule has 1 saturated heterocycles. The number of carbonyl (C=O) groups excluding carboxylic acids is 2. The first-order chi connectivity index (χ1) is 11.2. The van der Waals surface area contributed by atoms with Crippen LogP contribution in [0.25, 0.3) is 5.78 Å². The fourth-order valence-corrected chi connectivity index (χ4v) is 3.12. The number of hydrogen-bond acceptors (Lipinski definition) is 4. The molecule has 7 heteroatoms. The lowest BCUT2D eigenvalue weighted by Crippen LogP contribution is -2.39. The SMILES string of the molecule is Cc1nc2ncccn2c1C(=O)NC1CC(=O)N(CC(C)(C)C)C1. The van der Waals surface area contributed by atoms with Crippen molar-refractivity contribution in [1.82, 2.24) is 24.6 Å². The molecular weight excluding hydrogens is 306 g/mol. The highest BCUT2D eigenvalue weighted by Crippen LogP contribution is 2.20. The van der Waals surface area contributed by atoms with Gasteiger partial charge in [-0.3, -0.25) is 14.0 Å². The van der Waals surface area contributed by atoms with Crippen LogP contribution in [0.15, 0.2) is 18.5 Å². The number of rotatable bonds is 3. The van der Waals surface area contributed by atoms with E-state index in [1.807, 2.05) is 4.90 Å². The first kappa shape index (κ1) is 16.4. The minimum Gasteiger partial charge on any atom is -0.346 e. The van der Waals surface area contributed by atoms with Crippen LogP contribution < -0.4 is 5.32 Å². The number of nitrogens with zero attached hydrogens (tertiary/aromatic N) is 4. The van der Waals surface area contributed by atoms with E-state index in [1.165, 1.54) is 0 Å². The van der Waals surface area contributed by atoms with Gasteiger partial charge in [0.25, 0.3) is 5.91 Å². The van der Waals surface area contributed by atoms with E-state index in [0.717, 1.165) is 0 Å². The van der Waals surface area contributed by atoms with Gasteiger partial charge in [0.1, 0.15) is 5.69 Å². The lowest BCUT2D eigenvalue weighted by molar-refractivity contribution is -0.128. The van der Waals surface area contributed by atoms with Gasteiger partial charge in [-0.15, -0.1) is 0 Å². The average Bonchev–Trinajstić information content (AvgIpc) is 2.96. The van der Waals surface area contributed by atoms with Crippen LogP contribution in [0.4, 0.5) is 0 Å². The van der Waals surface area contributed by atoms with Gasteiger partial charge in [0, 0.05) is 31.9 Å². The summed E-state index contributed by atoms with van der Waals surface area (Å²) in [5.74, 6) is 0.368. The summed E-state index contributed by atoms with van der Waals surface area (Å²) >= 11 is 0. The summed E-state index contributed by atoms with van der Waals surface area (Å²) < 4.78 is 1.67. The molecular formula is C17H23N5O2. The quantitative estimate of drug-likeness (QED) is 0.923. The fourth-order valence-electron chi connectivity index (χ4n) is 3.12. The summed E-state index contributed by atoms with van der Waals surface area (Å²) in [5, 5.41) is 2.97. The van der Waals surface area contributed by atoms with Gasteiger partial charge in [-0.1, -0.05) is 20.8 Å². The maximum atomic E-state index is 12.7. The van der Waals surface area contributed by atoms with Gasteiger partial charge in [0.05, 0.1) is 11.7 Å². The van der Waals surface area contributed by atoms with E-state index in [1.54, 1.807) is 29.8 Å². The average molecular weight is 329 g/mol. The molecule has 1 aliphatic rings. The summed E-state index contributed by atoms with van der Waals surface area (Å²) in [6.45, 7) is 9.32. The number of hydrogen-bond donors (Lipinski definition) is 1. The molecule has 24 heavy (non-hydrogen) atoms. The van der Waals surface area contributed by atoms with Crippen molar-refractivity contribution in [3.05, 3.63) is 29.8 Å². The van der Waals surface area contributed by atoms with Crippen molar-refractivity contribution < 1.29 is 9.59 Å². The fraction of sp³-hybridized carbons (Fsp3) is 0.529. The molecule has 2 aromatic rings. The van der Waals surface area contributed by atoms with Gasteiger partial charge >= 0.3 is 0 Å². The smallest absolute Gasteiger partial charge is 0.270 e. The van der Waals surface area contributed by atoms with Gasteiger partial charge < -0.3 is 10.2 Å². The molecule has 0 saturated carbocycles. The van der Waals surface area contributed by atoms with Gasteiger partial charge in [-0.05, 0) is 18.4 Å². The van der Waals surface area contributed by atoms with E-state index < -0.39 is 0 Å². The van der Waals surface area contributed by atoms with Gasteiger partial charge in [-0.25, -0.2) is 9.97 Å². The van der Waals surface area contributed by atoms with E-state index in [9.17, 15) is 9.59 Å². The molecule has 1 fully saturated rings. The molecule has 0 aromatic carbocycles. The predicted octanol–water partition coefficient (Wildman–Crippen LogP) is 1.41. The minimum absolute atomic E-state index is 0.0401. The number of nitrogens with one attached hydrogen (secondary N) is 1. The van der Waals surface area contributed by atoms with E-state index in [2.05, 4.69) is 36.1 Å². The van der Waals surface area contributed by atoms with Crippen molar-refractivity contribution >= 4 is 17.6 Å². The van der Waals surface area contributed by atoms with E-state index in [-0.39, 0.29) is 23.3 Å². The second-order valence-corrected chi connectivity index (χ2v) is 7.54. The summed E-state index contributed by atoms with van der Waals surface area (Å²) in [7, 11) is 0. The molecule has 1 aliphatic heterocycles. The standard InChI is InChI=1S/C17H23N5O2/c1-11-14(22-7-5-6-18-16(22)19-11)15(24)20-12-8-13(23)21(9-12)10-17(2,3)4/h5-7,12H,8-10H2,1-4H3,(H,20,24). The number of aryl methyl sites for hydroxylation is 1. The zero-order valence-electron chi connectivity index (χ0n) is 14.5. The van der Waals surface area contributed by atoms with Crippen molar-refractivity contribution in [2.75, 3.05) is 13.1 Å². The maximum Gasteiger partial charge on any atom is 0.270 e. The van der Waals surface area contributed by atoms with Crippen molar-refractivity contribution in [3.8, 4) is 0 Å². The van der Waals surface area contributed by atoms with Crippen molar-refractivity contribution in [2.24, 2.45) is 5.41 Å². The van der Waals surface area contributed by atoms with E-state index >= 15 is 0 Å². The van der Waals surface area contributed by atoms with E-state index in [4.69, 9.17) is 0 Å². The number of aromatic nitrogens is 3. The Balaban J connectivity index is 1.73. The van der Waals surface area contributed by atoms with Crippen LogP contribution in [0.5, 0.6) is 0 Å². The van der Waals surface area contributed by atoms with Crippen LogP contribution in [0.1, 0.15) is 43.4 Å². The van der Waals surface area contributed by atoms with Crippen LogP contribution >= 0.6 is 0 Å². The monoisotopic (exact) mass is 329 g/mol. The second kappa shape index (κ2) is 5.89. The van der Waals surface area contributed by atoms with Crippen molar-refractivity contribution in [1.29, 1.82) is 0 Å². The maximum absolute atomic E-state index is 12.7. The van der Waals surface area contributed by atoms with Crippen LogP contribution in [-0.2, 0) is 4.79 Å². The molecule has 3 heterocycles. The van der Waals surface area contributed by atoms with Crippen molar-refractivity contribution in [3.63, 3.8) is 0 Å². The third-order valence-corrected chi connectivity index (χ3v) is 4.01. The molecule has 0 bridgehead atoms. The zero-order valence-corrected chi connectivity index (χ0v) is 14.5. The molecule has 2 amide bonds. The Kier molecular flexibility index (Phi) is 4.03. The highest BCUT2D eigenvalue weighted by atomic mass is 16.2. The van der Waals surface area contributed by atoms with Crippen molar-refractivity contribution in [2.45, 2.75) is 40.2 Å². The molecule has 1 N–H and O–H groups in total. The van der Waals surface area contributed by atoms with Crippen LogP contribution in [0, 0.1) is 12.3 Å². The summed E-state index contributed by atoms with van der Waals surface area (Å²) in [5.41, 5.74) is 1.14. The minimum atomic E-state index is -0.219. The van der Waals surface area contributed by atoms with Gasteiger partial charge in [0.2, 0.25) is 11.7 Å². The summed E-state index contributed by atoms with van der Waals surface area (Å²) in [6.07, 6.45) is 3.75. The highest BCUT2D eigenvalue weighted by Gasteiger charge is 2.33. The number of imidazole rings is 1. The number of carbonyl (C=O) groups is 2. The third-order valence-electron chi connectivity index (χ3n) is 4.01. The van der Waals surface area contributed by atoms with Crippen LogP contribution in [0.2, 0.25) is 0 Å². The molecule has 0 radical (unpaired) electrons. The number of fused-ring (bicyclic) bond motifs is 1. The Bertz CT molecular complexity index is 790. The lowest BCUT2D eigenvalue weighted by Gasteiger charge is -2.26. The Labute approximate surface area is 141 Å². The van der Waals surface area contributed by atoms with Gasteiger partial charge in [0.15, 0.2) is 0 Å². The Morgan fingerprint density at radius 3 is 2.88 bits per heavy atom. The third kappa shape index (κ3) is 3.25. The first-order valence-electron chi connectivity index (χ1n) is 8.13. The topological polar surface area (TPSA) is 79.6 Å². The number of likely N-dealkylation sites (tertiary alicyclic amines) is 1. The Morgan fingerprint density at radius 2 is 2.17 bits per heavy atom. The molecule has 1 unspecified atom stereocenters. The second-order valence-electron chi connectivity index (χ2n) is 7.54. The molecule has 128 valence electrons.